The molecule has 0 aliphatic rings. The van der Waals surface area contributed by atoms with E-state index in [1.54, 1.807) is 26.1 Å². The Labute approximate surface area is 149 Å². The Morgan fingerprint density at radius 1 is 1.04 bits per heavy atom. The lowest BCUT2D eigenvalue weighted by molar-refractivity contribution is 0.0988. The van der Waals surface area contributed by atoms with E-state index in [9.17, 15) is 13.6 Å². The number of nitrogens with zero attached hydrogens (tertiary/aromatic N) is 3. The van der Waals surface area contributed by atoms with Crippen molar-refractivity contribution in [3.8, 4) is 0 Å². The number of anilines is 3. The molecule has 0 bridgehead atoms. The van der Waals surface area contributed by atoms with E-state index in [2.05, 4.69) is 15.3 Å². The molecule has 26 heavy (non-hydrogen) atoms. The molecular weight excluding hydrogens is 338 g/mol. The summed E-state index contributed by atoms with van der Waals surface area (Å²) in [5.74, 6) is -1.16. The van der Waals surface area contributed by atoms with Gasteiger partial charge in [0.15, 0.2) is 0 Å². The van der Waals surface area contributed by atoms with Crippen LogP contribution in [-0.2, 0) is 0 Å². The van der Waals surface area contributed by atoms with Gasteiger partial charge in [-0.25, -0.2) is 18.7 Å². The van der Waals surface area contributed by atoms with Crippen LogP contribution >= 0.6 is 0 Å². The van der Waals surface area contributed by atoms with E-state index in [1.165, 1.54) is 17.0 Å². The highest BCUT2D eigenvalue weighted by Gasteiger charge is 2.17. The minimum atomic E-state index is -0.754. The summed E-state index contributed by atoms with van der Waals surface area (Å²) in [6.07, 6.45) is 0. The minimum Gasteiger partial charge on any atom is -0.338 e. The number of hydrogen-bond donors (Lipinski definition) is 1. The average molecular weight is 354 g/mol. The number of hydrogen-bond acceptors (Lipinski definition) is 4. The van der Waals surface area contributed by atoms with Crippen molar-refractivity contribution in [2.24, 2.45) is 0 Å². The van der Waals surface area contributed by atoms with E-state index in [1.807, 2.05) is 18.2 Å². The molecule has 0 unspecified atom stereocenters. The molecule has 0 radical (unpaired) electrons. The highest BCUT2D eigenvalue weighted by molar-refractivity contribution is 6.04. The molecule has 1 aromatic heterocycles. The van der Waals surface area contributed by atoms with Crippen molar-refractivity contribution in [2.45, 2.75) is 6.92 Å². The van der Waals surface area contributed by atoms with Gasteiger partial charge in [0.05, 0.1) is 5.69 Å². The highest BCUT2D eigenvalue weighted by atomic mass is 19.1. The maximum absolute atomic E-state index is 13.8. The topological polar surface area (TPSA) is 58.1 Å². The lowest BCUT2D eigenvalue weighted by atomic mass is 10.2. The Balaban J connectivity index is 1.89. The summed E-state index contributed by atoms with van der Waals surface area (Å²) in [6.45, 7) is 1.63. The first-order chi connectivity index (χ1) is 12.4. The molecule has 0 atom stereocenters. The van der Waals surface area contributed by atoms with Crippen LogP contribution in [-0.4, -0.2) is 22.9 Å². The number of aromatic nitrogens is 2. The molecule has 1 N–H and O–H groups in total. The molecule has 3 aromatic rings. The van der Waals surface area contributed by atoms with Crippen molar-refractivity contribution in [3.63, 3.8) is 0 Å². The number of aryl methyl sites for hydroxylation is 1. The Morgan fingerprint density at radius 2 is 1.77 bits per heavy atom. The average Bonchev–Trinajstić information content (AvgIpc) is 2.63. The molecule has 3 rings (SSSR count). The van der Waals surface area contributed by atoms with Crippen molar-refractivity contribution < 1.29 is 13.6 Å². The predicted octanol–water partition coefficient (Wildman–Crippen LogP) is 4.08. The number of benzene rings is 2. The summed E-state index contributed by atoms with van der Waals surface area (Å²) in [5.41, 5.74) is 0.932. The zero-order chi connectivity index (χ0) is 18.7. The normalized spacial score (nSPS) is 10.5. The van der Waals surface area contributed by atoms with Crippen LogP contribution in [0.2, 0.25) is 0 Å². The summed E-state index contributed by atoms with van der Waals surface area (Å²) >= 11 is 0. The van der Waals surface area contributed by atoms with E-state index >= 15 is 0 Å². The largest absolute Gasteiger partial charge is 0.338 e. The fourth-order valence-electron chi connectivity index (χ4n) is 2.41. The lowest BCUT2D eigenvalue weighted by Gasteiger charge is -2.17. The second kappa shape index (κ2) is 7.26. The number of rotatable bonds is 4. The molecule has 0 spiro atoms. The first kappa shape index (κ1) is 17.5. The van der Waals surface area contributed by atoms with Crippen LogP contribution in [0.25, 0.3) is 0 Å². The summed E-state index contributed by atoms with van der Waals surface area (Å²) in [7, 11) is 1.64. The Bertz CT molecular complexity index is 948. The fraction of sp³-hybridized carbons (Fsp3) is 0.105. The van der Waals surface area contributed by atoms with Crippen molar-refractivity contribution >= 4 is 23.1 Å². The van der Waals surface area contributed by atoms with Gasteiger partial charge in [-0.2, -0.15) is 0 Å². The second-order valence-corrected chi connectivity index (χ2v) is 5.63. The minimum absolute atomic E-state index is 0.0549. The first-order valence-electron chi connectivity index (χ1n) is 7.85. The van der Waals surface area contributed by atoms with Gasteiger partial charge in [-0.05, 0) is 31.2 Å². The van der Waals surface area contributed by atoms with E-state index in [0.29, 0.717) is 11.5 Å². The molecule has 2 aromatic carbocycles. The molecule has 1 amide bonds. The molecule has 0 aliphatic heterocycles. The number of para-hydroxylation sites is 1. The van der Waals surface area contributed by atoms with Gasteiger partial charge in [-0.1, -0.05) is 18.2 Å². The fourth-order valence-corrected chi connectivity index (χ4v) is 2.41. The third-order valence-corrected chi connectivity index (χ3v) is 3.70. The lowest BCUT2D eigenvalue weighted by Crippen LogP contribution is -2.27. The maximum atomic E-state index is 13.8. The number of carbonyl (C=O) groups is 1. The van der Waals surface area contributed by atoms with Crippen molar-refractivity contribution in [3.05, 3.63) is 77.8 Å². The molecular formula is C19H16F2N4O. The van der Waals surface area contributed by atoms with Crippen LogP contribution in [0.5, 0.6) is 0 Å². The zero-order valence-electron chi connectivity index (χ0n) is 14.2. The molecule has 0 aliphatic carbocycles. The van der Waals surface area contributed by atoms with Crippen LogP contribution in [0.15, 0.2) is 54.6 Å². The number of nitrogens with one attached hydrogen (secondary N) is 1. The summed E-state index contributed by atoms with van der Waals surface area (Å²) in [4.78, 5) is 22.5. The third kappa shape index (κ3) is 3.83. The summed E-state index contributed by atoms with van der Waals surface area (Å²) < 4.78 is 26.9. The molecule has 7 heteroatoms. The Morgan fingerprint density at radius 3 is 2.46 bits per heavy atom. The predicted molar refractivity (Wildman–Crippen MR) is 95.6 cm³/mol. The van der Waals surface area contributed by atoms with E-state index in [-0.39, 0.29) is 23.1 Å². The van der Waals surface area contributed by atoms with Crippen molar-refractivity contribution in [1.82, 2.24) is 9.97 Å². The van der Waals surface area contributed by atoms with Crippen LogP contribution in [0.4, 0.5) is 26.0 Å². The molecule has 1 heterocycles. The van der Waals surface area contributed by atoms with Gasteiger partial charge in [0.25, 0.3) is 5.91 Å². The Hall–Kier alpha value is -3.35. The monoisotopic (exact) mass is 354 g/mol. The highest BCUT2D eigenvalue weighted by Crippen LogP contribution is 2.21. The van der Waals surface area contributed by atoms with Crippen molar-refractivity contribution in [2.75, 3.05) is 17.3 Å². The third-order valence-electron chi connectivity index (χ3n) is 3.70. The molecule has 0 saturated carbocycles. The van der Waals surface area contributed by atoms with Crippen LogP contribution in [0.1, 0.15) is 16.3 Å². The second-order valence-electron chi connectivity index (χ2n) is 5.63. The quantitative estimate of drug-likeness (QED) is 0.767. The van der Waals surface area contributed by atoms with Gasteiger partial charge in [0.1, 0.15) is 29.0 Å². The van der Waals surface area contributed by atoms with Crippen molar-refractivity contribution in [1.29, 1.82) is 0 Å². The van der Waals surface area contributed by atoms with E-state index in [0.717, 1.165) is 12.1 Å². The van der Waals surface area contributed by atoms with Gasteiger partial charge >= 0.3 is 0 Å². The first-order valence-corrected chi connectivity index (χ1v) is 7.85. The SMILES string of the molecule is Cc1nc(Nc2ccc(F)cc2F)cc(C(=O)N(C)c2ccccc2)n1. The molecule has 0 saturated heterocycles. The van der Waals surface area contributed by atoms with E-state index < -0.39 is 11.6 Å². The number of carbonyl (C=O) groups excluding carboxylic acids is 1. The van der Waals surface area contributed by atoms with Crippen LogP contribution in [0.3, 0.4) is 0 Å². The smallest absolute Gasteiger partial charge is 0.276 e. The number of halogens is 2. The summed E-state index contributed by atoms with van der Waals surface area (Å²) in [5, 5.41) is 2.75. The van der Waals surface area contributed by atoms with Gasteiger partial charge < -0.3 is 10.2 Å². The molecule has 0 fully saturated rings. The Kier molecular flexibility index (Phi) is 4.88. The standard InChI is InChI=1S/C19H16F2N4O/c1-12-22-17(19(26)25(2)14-6-4-3-5-7-14)11-18(23-12)24-16-9-8-13(20)10-15(16)21/h3-11H,1-2H3,(H,22,23,24). The van der Waals surface area contributed by atoms with Crippen LogP contribution < -0.4 is 10.2 Å². The van der Waals surface area contributed by atoms with Gasteiger partial charge in [0.2, 0.25) is 0 Å². The van der Waals surface area contributed by atoms with Gasteiger partial charge in [0, 0.05) is 24.9 Å². The molecule has 132 valence electrons. The van der Waals surface area contributed by atoms with E-state index in [4.69, 9.17) is 0 Å². The number of amides is 1. The summed E-state index contributed by atoms with van der Waals surface area (Å²) in [6, 6.07) is 13.7. The maximum Gasteiger partial charge on any atom is 0.276 e. The van der Waals surface area contributed by atoms with Crippen LogP contribution in [0, 0.1) is 18.6 Å². The molecule has 5 nitrogen and oxygen atoms in total. The zero-order valence-corrected chi connectivity index (χ0v) is 14.2. The van der Waals surface area contributed by atoms with Gasteiger partial charge in [-0.15, -0.1) is 0 Å². The van der Waals surface area contributed by atoms with Gasteiger partial charge in [-0.3, -0.25) is 4.79 Å².